The number of rotatable bonds is 4. The van der Waals surface area contributed by atoms with Gasteiger partial charge in [-0.2, -0.15) is 0 Å². The lowest BCUT2D eigenvalue weighted by Crippen LogP contribution is -2.25. The molecule has 7 heteroatoms. The number of hydrogen-bond acceptors (Lipinski definition) is 4. The van der Waals surface area contributed by atoms with Crippen LogP contribution in [0.1, 0.15) is 29.2 Å². The normalized spacial score (nSPS) is 15.9. The summed E-state index contributed by atoms with van der Waals surface area (Å²) in [7, 11) is -3.48. The number of amidine groups is 2. The highest BCUT2D eigenvalue weighted by atomic mass is 32.2. The minimum absolute atomic E-state index is 0.258. The first-order valence-electron chi connectivity index (χ1n) is 9.42. The number of benzene rings is 2. The quantitative estimate of drug-likeness (QED) is 0.816. The maximum atomic E-state index is 12.3. The Bertz CT molecular complexity index is 1190. The molecule has 6 nitrogen and oxygen atoms in total. The Balaban J connectivity index is 1.70. The molecule has 0 fully saturated rings. The van der Waals surface area contributed by atoms with Gasteiger partial charge in [-0.05, 0) is 53.5 Å². The number of fused-ring (bicyclic) bond motifs is 2. The number of aliphatic imine (C=N–C) groups is 1. The van der Waals surface area contributed by atoms with Gasteiger partial charge < -0.3 is 4.90 Å². The summed E-state index contributed by atoms with van der Waals surface area (Å²) in [4.78, 5) is 6.75. The van der Waals surface area contributed by atoms with E-state index < -0.39 is 10.0 Å². The lowest BCUT2D eigenvalue weighted by atomic mass is 9.99. The number of hydrogen-bond donors (Lipinski definition) is 2. The van der Waals surface area contributed by atoms with Gasteiger partial charge in [-0.25, -0.2) is 18.1 Å². The fraction of sp³-hybridized carbons (Fsp3) is 0.182. The highest BCUT2D eigenvalue weighted by molar-refractivity contribution is 7.89. The molecule has 0 saturated heterocycles. The first kappa shape index (κ1) is 19.3. The topological polar surface area (TPSA) is 85.6 Å². The van der Waals surface area contributed by atoms with Gasteiger partial charge in [-0.1, -0.05) is 37.3 Å². The zero-order chi connectivity index (χ0) is 20.6. The van der Waals surface area contributed by atoms with Crippen LogP contribution in [0.5, 0.6) is 0 Å². The van der Waals surface area contributed by atoms with Crippen molar-refractivity contribution >= 4 is 27.3 Å². The van der Waals surface area contributed by atoms with Crippen molar-refractivity contribution in [3.8, 4) is 0 Å². The van der Waals surface area contributed by atoms with Gasteiger partial charge in [0.25, 0.3) is 0 Å². The predicted octanol–water partition coefficient (Wildman–Crippen LogP) is 3.44. The molecule has 0 atom stereocenters. The van der Waals surface area contributed by atoms with Crippen molar-refractivity contribution in [3.63, 3.8) is 0 Å². The molecule has 0 spiro atoms. The Labute approximate surface area is 170 Å². The molecule has 2 aromatic rings. The number of nitrogens with zero attached hydrogens (tertiary/aromatic N) is 2. The summed E-state index contributed by atoms with van der Waals surface area (Å²) < 4.78 is 27.0. The average molecular weight is 407 g/mol. The Hall–Kier alpha value is -3.03. The summed E-state index contributed by atoms with van der Waals surface area (Å²) in [5, 5.41) is 8.27. The van der Waals surface area contributed by atoms with Crippen LogP contribution in [0.4, 0.5) is 0 Å². The van der Waals surface area contributed by atoms with Crippen LogP contribution in [0.15, 0.2) is 70.7 Å². The molecule has 0 aromatic heterocycles. The molecule has 4 rings (SSSR count). The summed E-state index contributed by atoms with van der Waals surface area (Å²) in [5.74, 6) is 0.979. The monoisotopic (exact) mass is 406 g/mol. The van der Waals surface area contributed by atoms with Crippen LogP contribution >= 0.6 is 0 Å². The molecular formula is C22H22N4O2S. The van der Waals surface area contributed by atoms with Crippen molar-refractivity contribution in [2.24, 2.45) is 4.99 Å². The zero-order valence-corrected chi connectivity index (χ0v) is 17.1. The Morgan fingerprint density at radius 3 is 2.69 bits per heavy atom. The van der Waals surface area contributed by atoms with E-state index in [1.807, 2.05) is 60.5 Å². The number of nitrogens with one attached hydrogen (secondary N) is 2. The van der Waals surface area contributed by atoms with Crippen LogP contribution in [-0.2, 0) is 16.6 Å². The second-order valence-electron chi connectivity index (χ2n) is 7.00. The molecule has 148 valence electrons. The van der Waals surface area contributed by atoms with E-state index in [1.165, 1.54) is 0 Å². The van der Waals surface area contributed by atoms with Crippen LogP contribution < -0.4 is 4.72 Å². The van der Waals surface area contributed by atoms with Gasteiger partial charge in [-0.3, -0.25) is 5.41 Å². The highest BCUT2D eigenvalue weighted by Gasteiger charge is 2.22. The predicted molar refractivity (Wildman–Crippen MR) is 115 cm³/mol. The third kappa shape index (κ3) is 3.66. The van der Waals surface area contributed by atoms with Gasteiger partial charge in [0.15, 0.2) is 5.84 Å². The van der Waals surface area contributed by atoms with Crippen LogP contribution in [0, 0.1) is 12.3 Å². The van der Waals surface area contributed by atoms with Crippen molar-refractivity contribution in [1.82, 2.24) is 9.62 Å². The molecule has 2 aromatic carbocycles. The van der Waals surface area contributed by atoms with Gasteiger partial charge in [0.1, 0.15) is 5.84 Å². The van der Waals surface area contributed by atoms with Crippen molar-refractivity contribution in [2.45, 2.75) is 25.3 Å². The van der Waals surface area contributed by atoms with E-state index in [1.54, 1.807) is 19.1 Å². The van der Waals surface area contributed by atoms with Gasteiger partial charge in [0, 0.05) is 24.9 Å². The van der Waals surface area contributed by atoms with E-state index in [2.05, 4.69) is 9.71 Å². The van der Waals surface area contributed by atoms with Crippen molar-refractivity contribution in [3.05, 3.63) is 83.1 Å². The number of aryl methyl sites for hydroxylation is 1. The zero-order valence-electron chi connectivity index (χ0n) is 16.3. The third-order valence-corrected chi connectivity index (χ3v) is 6.54. The first-order chi connectivity index (χ1) is 13.9. The standard InChI is InChI=1S/C22H22N4O2S/c1-3-24-29(27,28)18-9-10-19(15(2)12-18)17-8-11-21-25-22(23)20-7-5-4-6-16(20)13-26(21)14-17/h4-12,14,23-24H,3,13H2,1-2H3. The van der Waals surface area contributed by atoms with Crippen LogP contribution in [0.3, 0.4) is 0 Å². The summed E-state index contributed by atoms with van der Waals surface area (Å²) in [6.45, 7) is 4.64. The molecule has 2 heterocycles. The maximum Gasteiger partial charge on any atom is 0.240 e. The van der Waals surface area contributed by atoms with E-state index in [4.69, 9.17) is 5.41 Å². The summed E-state index contributed by atoms with van der Waals surface area (Å²) in [6, 6.07) is 13.0. The molecule has 0 saturated carbocycles. The van der Waals surface area contributed by atoms with Crippen molar-refractivity contribution < 1.29 is 8.42 Å². The largest absolute Gasteiger partial charge is 0.328 e. The molecule has 0 amide bonds. The van der Waals surface area contributed by atoms with Crippen molar-refractivity contribution in [2.75, 3.05) is 6.54 Å². The highest BCUT2D eigenvalue weighted by Crippen LogP contribution is 2.28. The Morgan fingerprint density at radius 1 is 1.14 bits per heavy atom. The summed E-state index contributed by atoms with van der Waals surface area (Å²) >= 11 is 0. The molecule has 0 bridgehead atoms. The van der Waals surface area contributed by atoms with Gasteiger partial charge in [-0.15, -0.1) is 0 Å². The lowest BCUT2D eigenvalue weighted by molar-refractivity contribution is 0.558. The molecule has 29 heavy (non-hydrogen) atoms. The van der Waals surface area contributed by atoms with E-state index in [0.717, 1.165) is 33.7 Å². The maximum absolute atomic E-state index is 12.3. The van der Waals surface area contributed by atoms with E-state index >= 15 is 0 Å². The van der Waals surface area contributed by atoms with E-state index in [-0.39, 0.29) is 10.7 Å². The average Bonchev–Trinajstić information content (AvgIpc) is 2.83. The third-order valence-electron chi connectivity index (χ3n) is 4.99. The lowest BCUT2D eigenvalue weighted by Gasteiger charge is -2.24. The van der Waals surface area contributed by atoms with Gasteiger partial charge in [0.05, 0.1) is 4.90 Å². The SMILES string of the molecule is CCNS(=O)(=O)c1ccc(C2=CN3Cc4ccccc4C(=N)N=C3C=C2)c(C)c1. The fourth-order valence-corrected chi connectivity index (χ4v) is 4.70. The first-order valence-corrected chi connectivity index (χ1v) is 10.9. The fourth-order valence-electron chi connectivity index (χ4n) is 3.57. The van der Waals surface area contributed by atoms with Crippen LogP contribution in [0.2, 0.25) is 0 Å². The van der Waals surface area contributed by atoms with Gasteiger partial charge in [0.2, 0.25) is 10.0 Å². The summed E-state index contributed by atoms with van der Waals surface area (Å²) in [5.41, 5.74) is 4.70. The molecular weight excluding hydrogens is 384 g/mol. The van der Waals surface area contributed by atoms with E-state index in [9.17, 15) is 8.42 Å². The minimum atomic E-state index is -3.48. The second kappa shape index (κ2) is 7.42. The Morgan fingerprint density at radius 2 is 1.93 bits per heavy atom. The summed E-state index contributed by atoms with van der Waals surface area (Å²) in [6.07, 6.45) is 5.87. The molecule has 2 aliphatic heterocycles. The molecule has 2 N–H and O–H groups in total. The van der Waals surface area contributed by atoms with Crippen LogP contribution in [-0.4, -0.2) is 31.5 Å². The van der Waals surface area contributed by atoms with Gasteiger partial charge >= 0.3 is 0 Å². The van der Waals surface area contributed by atoms with E-state index in [0.29, 0.717) is 13.1 Å². The number of allylic oxidation sites excluding steroid dienone is 2. The molecule has 0 aliphatic carbocycles. The second-order valence-corrected chi connectivity index (χ2v) is 8.77. The molecule has 0 unspecified atom stereocenters. The number of sulfonamides is 1. The minimum Gasteiger partial charge on any atom is -0.328 e. The van der Waals surface area contributed by atoms with Crippen molar-refractivity contribution in [1.29, 1.82) is 5.41 Å². The molecule has 0 radical (unpaired) electrons. The molecule has 2 aliphatic rings. The smallest absolute Gasteiger partial charge is 0.240 e. The van der Waals surface area contributed by atoms with Crippen LogP contribution in [0.25, 0.3) is 5.57 Å². The Kier molecular flexibility index (Phi) is 4.94.